The van der Waals surface area contributed by atoms with Gasteiger partial charge in [-0.05, 0) is 34.5 Å². The number of aliphatic carboxylic acids is 1. The zero-order chi connectivity index (χ0) is 51.1. The van der Waals surface area contributed by atoms with E-state index in [2.05, 4.69) is 68.2 Å². The molecule has 4 amide bonds. The molecule has 2 aliphatic heterocycles. The normalized spacial score (nSPS) is 14.3. The maximum Gasteiger partial charge on any atom is 0.335 e. The number of hydrogen-bond donors (Lipinski definition) is 5. The van der Waals surface area contributed by atoms with Gasteiger partial charge < -0.3 is 43.1 Å². The van der Waals surface area contributed by atoms with Crippen LogP contribution in [0.2, 0.25) is 0 Å². The molecule has 0 radical (unpaired) electrons. The van der Waals surface area contributed by atoms with Crippen molar-refractivity contribution in [3.63, 3.8) is 0 Å². The predicted molar refractivity (Wildman–Crippen MR) is 248 cm³/mol. The van der Waals surface area contributed by atoms with Crippen molar-refractivity contribution in [2.24, 2.45) is 10.4 Å². The molecule has 0 aliphatic carbocycles. The number of carbonyl (C=O) groups is 4. The molecule has 0 bridgehead atoms. The Morgan fingerprint density at radius 2 is 1.79 bits per heavy atom. The summed E-state index contributed by atoms with van der Waals surface area (Å²) in [5.74, 6) is 1.09. The number of ether oxygens (including phenoxy) is 3. The van der Waals surface area contributed by atoms with Crippen LogP contribution in [0.15, 0.2) is 46.5 Å². The van der Waals surface area contributed by atoms with Crippen LogP contribution in [0.4, 0.5) is 26.5 Å². The average molecular weight is 1030 g/mol. The van der Waals surface area contributed by atoms with E-state index < -0.39 is 59.2 Å². The largest absolute Gasteiger partial charge is 0.778 e. The van der Waals surface area contributed by atoms with E-state index in [1.165, 1.54) is 86.2 Å². The highest BCUT2D eigenvalue weighted by Gasteiger charge is 2.32. The fourth-order valence-electron chi connectivity index (χ4n) is 5.53. The van der Waals surface area contributed by atoms with E-state index in [4.69, 9.17) is 30.6 Å². The van der Waals surface area contributed by atoms with Gasteiger partial charge in [0, 0.05) is 50.9 Å². The fourth-order valence-corrected chi connectivity index (χ4v) is 7.71. The van der Waals surface area contributed by atoms with Gasteiger partial charge in [0.1, 0.15) is 24.9 Å². The Morgan fingerprint density at radius 3 is 2.35 bits per heavy atom. The highest BCUT2D eigenvalue weighted by Crippen LogP contribution is 2.37. The highest BCUT2D eigenvalue weighted by atomic mass is 32.2. The van der Waals surface area contributed by atoms with Crippen molar-refractivity contribution in [1.29, 1.82) is 0 Å². The molecule has 1 aromatic carbocycles. The van der Waals surface area contributed by atoms with Crippen LogP contribution >= 0.6 is 19.1 Å². The number of hydrogen-bond acceptors (Lipinski definition) is 18. The number of carboxylic acids is 1. The Kier molecular flexibility index (Phi) is 20.4. The maximum absolute atomic E-state index is 14.5. The molecule has 0 fully saturated rings. The SMILES string of the molecule is C#CCN1C(=O)COc2cc(F)c(/N=c3\snc4n3CC(C)(C)C4)cc21.COc1cc(OC)nc(NC(=O)NS(=O)(=O)c2ncccc2C(=O)N(C)C)n1.C[S+](C)C.O=C(O)CNCP(=O)([O-])O. The lowest BCUT2D eigenvalue weighted by molar-refractivity contribution is -0.193. The molecule has 1 atom stereocenters. The lowest BCUT2D eigenvalue weighted by atomic mass is 9.92. The summed E-state index contributed by atoms with van der Waals surface area (Å²) >= 11 is 1.24. The summed E-state index contributed by atoms with van der Waals surface area (Å²) in [4.78, 5) is 83.2. The van der Waals surface area contributed by atoms with E-state index in [0.29, 0.717) is 27.1 Å². The number of halogens is 1. The van der Waals surface area contributed by atoms with E-state index in [1.807, 2.05) is 9.88 Å². The molecule has 0 spiro atoms. The Hall–Kier alpha value is -6.21. The Morgan fingerprint density at radius 1 is 1.16 bits per heavy atom. The third-order valence-corrected chi connectivity index (χ3v) is 10.9. The van der Waals surface area contributed by atoms with Crippen LogP contribution in [0.3, 0.4) is 0 Å². The summed E-state index contributed by atoms with van der Waals surface area (Å²) in [6, 6.07) is 5.66. The first kappa shape index (κ1) is 56.1. The summed E-state index contributed by atoms with van der Waals surface area (Å²) in [6.07, 6.45) is 13.3. The number of urea groups is 1. The topological polar surface area (TPSA) is 322 Å². The minimum absolute atomic E-state index is 0.0913. The number of aromatic nitrogens is 5. The van der Waals surface area contributed by atoms with Gasteiger partial charge in [-0.3, -0.25) is 29.9 Å². The van der Waals surface area contributed by atoms with Crippen molar-refractivity contribution < 1.29 is 65.7 Å². The highest BCUT2D eigenvalue weighted by molar-refractivity contribution is 7.94. The number of nitrogens with one attached hydrogen (secondary N) is 3. The molecule has 6 rings (SSSR count). The van der Waals surface area contributed by atoms with Gasteiger partial charge in [0.15, 0.2) is 17.5 Å². The van der Waals surface area contributed by atoms with E-state index >= 15 is 0 Å². The fraction of sp³-hybridized carbons (Fsp3) is 0.410. The molecule has 0 saturated carbocycles. The van der Waals surface area contributed by atoms with Gasteiger partial charge in [-0.25, -0.2) is 23.9 Å². The quantitative estimate of drug-likeness (QED) is 0.0751. The van der Waals surface area contributed by atoms with Crippen LogP contribution in [0.1, 0.15) is 30.0 Å². The van der Waals surface area contributed by atoms with Crippen molar-refractivity contribution in [3.05, 3.63) is 58.5 Å². The molecular weight excluding hydrogens is 977 g/mol. The number of nitrogens with zero attached hydrogens (tertiary/aromatic N) is 8. The molecule has 1 unspecified atom stereocenters. The van der Waals surface area contributed by atoms with Gasteiger partial charge in [-0.2, -0.15) is 22.8 Å². The monoisotopic (exact) mass is 1030 g/mol. The number of carboxylic acid groups (broad SMARTS) is 1. The second kappa shape index (κ2) is 24.7. The first-order chi connectivity index (χ1) is 31.7. The first-order valence-corrected chi connectivity index (χ1v) is 25.9. The van der Waals surface area contributed by atoms with Crippen molar-refractivity contribution in [2.45, 2.75) is 31.8 Å². The number of sulfonamides is 1. The molecule has 24 nitrogen and oxygen atoms in total. The van der Waals surface area contributed by atoms with E-state index in [0.717, 1.165) is 18.8 Å². The first-order valence-electron chi connectivity index (χ1n) is 19.4. The summed E-state index contributed by atoms with van der Waals surface area (Å²) in [6.45, 7) is 4.57. The molecular formula is C39H51FN11O13PS3. The third kappa shape index (κ3) is 17.1. The molecule has 29 heteroatoms. The summed E-state index contributed by atoms with van der Waals surface area (Å²) in [5, 5.41) is 11.5. The number of methoxy groups -OCH3 is 2. The molecule has 3 aromatic heterocycles. The molecule has 4 aromatic rings. The number of amides is 4. The smallest absolute Gasteiger partial charge is 0.335 e. The number of rotatable bonds is 12. The molecule has 0 saturated heterocycles. The van der Waals surface area contributed by atoms with E-state index in [9.17, 15) is 41.4 Å². The summed E-state index contributed by atoms with van der Waals surface area (Å²) in [5.41, 5.74) is 0.490. The zero-order valence-electron chi connectivity index (χ0n) is 38.3. The zero-order valence-corrected chi connectivity index (χ0v) is 41.6. The number of pyridine rings is 1. The van der Waals surface area contributed by atoms with Crippen molar-refractivity contribution in [2.75, 3.05) is 83.3 Å². The van der Waals surface area contributed by atoms with Crippen LogP contribution < -0.4 is 44.2 Å². The van der Waals surface area contributed by atoms with Crippen molar-refractivity contribution in [3.8, 4) is 29.9 Å². The van der Waals surface area contributed by atoms with Crippen molar-refractivity contribution >= 4 is 81.2 Å². The maximum atomic E-state index is 14.5. The molecule has 5 N–H and O–H groups in total. The third-order valence-electron chi connectivity index (χ3n) is 8.23. The minimum atomic E-state index is -4.46. The van der Waals surface area contributed by atoms with Crippen LogP contribution in [-0.4, -0.2) is 144 Å². The lowest BCUT2D eigenvalue weighted by Crippen LogP contribution is -2.39. The number of anilines is 2. The molecule has 2 aliphatic rings. The summed E-state index contributed by atoms with van der Waals surface area (Å²) in [7, 11) is -2.56. The molecule has 5 heterocycles. The van der Waals surface area contributed by atoms with Gasteiger partial charge in [-0.1, -0.05) is 19.8 Å². The predicted octanol–water partition coefficient (Wildman–Crippen LogP) is 1.02. The van der Waals surface area contributed by atoms with Crippen LogP contribution in [-0.2, 0) is 48.0 Å². The Bertz CT molecular complexity index is 2720. The van der Waals surface area contributed by atoms with Gasteiger partial charge >= 0.3 is 12.0 Å². The Balaban J connectivity index is 0.000000283. The average Bonchev–Trinajstić information content (AvgIpc) is 3.75. The van der Waals surface area contributed by atoms with E-state index in [1.54, 1.807) is 4.72 Å². The number of carbonyl (C=O) groups excluding carboxylic acids is 3. The van der Waals surface area contributed by atoms with Gasteiger partial charge in [0.05, 0.1) is 69.7 Å². The van der Waals surface area contributed by atoms with Crippen LogP contribution in [0, 0.1) is 23.6 Å². The second-order valence-corrected chi connectivity index (χ2v) is 21.8. The number of fused-ring (bicyclic) bond motifs is 2. The summed E-state index contributed by atoms with van der Waals surface area (Å²) < 4.78 is 73.0. The minimum Gasteiger partial charge on any atom is -0.778 e. The second-order valence-electron chi connectivity index (χ2n) is 15.4. The van der Waals surface area contributed by atoms with Gasteiger partial charge in [-0.15, -0.1) is 6.42 Å². The van der Waals surface area contributed by atoms with E-state index in [-0.39, 0.29) is 53.4 Å². The van der Waals surface area contributed by atoms with Gasteiger partial charge in [0.2, 0.25) is 22.5 Å². The molecule has 68 heavy (non-hydrogen) atoms. The van der Waals surface area contributed by atoms with Crippen LogP contribution in [0.25, 0.3) is 0 Å². The molecule has 370 valence electrons. The number of benzene rings is 1. The lowest BCUT2D eigenvalue weighted by Gasteiger charge is -2.28. The van der Waals surface area contributed by atoms with Gasteiger partial charge in [0.25, 0.3) is 21.8 Å². The van der Waals surface area contributed by atoms with Crippen molar-refractivity contribution in [1.82, 2.24) is 38.8 Å². The number of terminal acetylenes is 1. The standard InChI is InChI=1S/C18H17FN4O2S.C15H18N6O6S.C3H8NO5P.C3H9S/c1-4-5-22-13-7-12(11(19)6-14(13)25-9-16(22)24)20-17-23-10-18(2,3)8-15(23)21-26-17;1-21(2)13(22)9-6-5-7-16-12(9)28(24,25)20-15(23)19-14-17-10(26-3)8-11(18-14)27-4;5-3(6)1-4-2-10(7,8)9;1-4(2)3/h1,6-7H,5,8-10H2,2-3H3;5-8H,1-4H3,(H2,17,18,19,20,23);4H,1-2H2,(H,5,6)(H2,7,8,9);1-3H3/q;;;+1/p-1/b20-17-;;;. The Labute approximate surface area is 398 Å². The van der Waals surface area contributed by atoms with Crippen LogP contribution in [0.5, 0.6) is 17.5 Å².